The van der Waals surface area contributed by atoms with Crippen LogP contribution in [-0.4, -0.2) is 33.2 Å². The fourth-order valence-electron chi connectivity index (χ4n) is 3.69. The van der Waals surface area contributed by atoms with Gasteiger partial charge in [0.2, 0.25) is 0 Å². The molecule has 6 heteroatoms. The highest BCUT2D eigenvalue weighted by molar-refractivity contribution is 6.30. The molecule has 0 fully saturated rings. The minimum absolute atomic E-state index is 0.703. The fraction of sp³-hybridized carbons (Fsp3) is 0.292. The number of fused-ring (bicyclic) bond motifs is 1. The highest BCUT2D eigenvalue weighted by Crippen LogP contribution is 2.29. The molecular weight excluding hydrogens is 394 g/mol. The highest BCUT2D eigenvalue weighted by Gasteiger charge is 2.18. The summed E-state index contributed by atoms with van der Waals surface area (Å²) in [4.78, 5) is 9.82. The summed E-state index contributed by atoms with van der Waals surface area (Å²) in [6, 6.07) is 18.0. The number of rotatable bonds is 8. The number of benzene rings is 2. The third kappa shape index (κ3) is 4.37. The molecule has 154 valence electrons. The standard InChI is InChI=1S/C24H26ClN5/c1-17-22(18-9-5-3-6-10-18)24-28-23(19-12-14-20(25)15-13-19)27-21(30(24)29-17)11-7-4-8-16-26-2/h3,5-6,9-10,12-15,26H,4,7-8,11,16H2,1-2H3. The molecule has 0 radical (unpaired) electrons. The van der Waals surface area contributed by atoms with Crippen molar-refractivity contribution in [3.63, 3.8) is 0 Å². The number of nitrogens with zero attached hydrogens (tertiary/aromatic N) is 4. The average Bonchev–Trinajstić information content (AvgIpc) is 3.10. The number of unbranched alkanes of at least 4 members (excludes halogenated alkanes) is 2. The Morgan fingerprint density at radius 1 is 0.900 bits per heavy atom. The lowest BCUT2D eigenvalue weighted by Gasteiger charge is -2.09. The van der Waals surface area contributed by atoms with Crippen molar-refractivity contribution in [2.24, 2.45) is 0 Å². The molecule has 0 amide bonds. The van der Waals surface area contributed by atoms with Crippen LogP contribution in [0.5, 0.6) is 0 Å². The summed E-state index contributed by atoms with van der Waals surface area (Å²) in [6.45, 7) is 3.07. The molecule has 4 rings (SSSR count). The Hall–Kier alpha value is -2.76. The van der Waals surface area contributed by atoms with Gasteiger partial charge < -0.3 is 5.32 Å². The molecule has 30 heavy (non-hydrogen) atoms. The van der Waals surface area contributed by atoms with E-state index < -0.39 is 0 Å². The maximum Gasteiger partial charge on any atom is 0.167 e. The first-order valence-electron chi connectivity index (χ1n) is 10.4. The van der Waals surface area contributed by atoms with Crippen LogP contribution < -0.4 is 5.32 Å². The third-order valence-corrected chi connectivity index (χ3v) is 5.47. The Bertz CT molecular complexity index is 1120. The molecule has 0 saturated carbocycles. The van der Waals surface area contributed by atoms with Crippen molar-refractivity contribution in [2.45, 2.75) is 32.6 Å². The fourth-order valence-corrected chi connectivity index (χ4v) is 3.81. The van der Waals surface area contributed by atoms with E-state index in [0.29, 0.717) is 10.8 Å². The zero-order valence-corrected chi connectivity index (χ0v) is 18.2. The molecular formula is C24H26ClN5. The number of aromatic nitrogens is 4. The van der Waals surface area contributed by atoms with Crippen molar-refractivity contribution in [1.82, 2.24) is 24.9 Å². The second-order valence-corrected chi connectivity index (χ2v) is 7.88. The molecule has 0 atom stereocenters. The SMILES string of the molecule is CNCCCCCc1nc(-c2ccc(Cl)cc2)nc2c(-c3ccccc3)c(C)nn12. The largest absolute Gasteiger partial charge is 0.320 e. The molecule has 0 aliphatic carbocycles. The molecule has 0 aliphatic rings. The van der Waals surface area contributed by atoms with Crippen molar-refractivity contribution < 1.29 is 0 Å². The summed E-state index contributed by atoms with van der Waals surface area (Å²) in [7, 11) is 1.99. The maximum absolute atomic E-state index is 6.08. The molecule has 0 bridgehead atoms. The van der Waals surface area contributed by atoms with E-state index in [1.165, 1.54) is 0 Å². The van der Waals surface area contributed by atoms with Gasteiger partial charge in [-0.05, 0) is 63.2 Å². The molecule has 2 aromatic heterocycles. The van der Waals surface area contributed by atoms with Crippen molar-refractivity contribution in [3.05, 3.63) is 71.1 Å². The van der Waals surface area contributed by atoms with Crippen molar-refractivity contribution >= 4 is 17.2 Å². The van der Waals surface area contributed by atoms with Gasteiger partial charge in [-0.25, -0.2) is 9.97 Å². The second kappa shape index (κ2) is 9.37. The highest BCUT2D eigenvalue weighted by atomic mass is 35.5. The Balaban J connectivity index is 1.80. The van der Waals surface area contributed by atoms with Crippen molar-refractivity contribution in [2.75, 3.05) is 13.6 Å². The van der Waals surface area contributed by atoms with Gasteiger partial charge in [-0.1, -0.05) is 48.4 Å². The van der Waals surface area contributed by atoms with Crippen molar-refractivity contribution in [3.8, 4) is 22.5 Å². The van der Waals surface area contributed by atoms with Gasteiger partial charge in [-0.2, -0.15) is 9.61 Å². The molecule has 2 aromatic carbocycles. The minimum Gasteiger partial charge on any atom is -0.320 e. The van der Waals surface area contributed by atoms with Crippen LogP contribution in [0, 0.1) is 6.92 Å². The Morgan fingerprint density at radius 2 is 1.67 bits per heavy atom. The van der Waals surface area contributed by atoms with E-state index in [2.05, 4.69) is 17.4 Å². The van der Waals surface area contributed by atoms with Crippen LogP contribution >= 0.6 is 11.6 Å². The second-order valence-electron chi connectivity index (χ2n) is 7.45. The summed E-state index contributed by atoms with van der Waals surface area (Å²) in [5.74, 6) is 1.65. The lowest BCUT2D eigenvalue weighted by Crippen LogP contribution is -2.09. The predicted octanol–water partition coefficient (Wildman–Crippen LogP) is 5.35. The van der Waals surface area contributed by atoms with Crippen LogP contribution in [0.1, 0.15) is 30.8 Å². The van der Waals surface area contributed by atoms with Gasteiger partial charge in [0.05, 0.1) is 5.69 Å². The minimum atomic E-state index is 0.703. The van der Waals surface area contributed by atoms with Crippen molar-refractivity contribution in [1.29, 1.82) is 0 Å². The van der Waals surface area contributed by atoms with Crippen LogP contribution in [0.25, 0.3) is 28.2 Å². The summed E-state index contributed by atoms with van der Waals surface area (Å²) in [5.41, 5.74) is 4.94. The van der Waals surface area contributed by atoms with Crippen LogP contribution in [0.15, 0.2) is 54.6 Å². The van der Waals surface area contributed by atoms with Crippen LogP contribution in [0.4, 0.5) is 0 Å². The van der Waals surface area contributed by atoms with E-state index in [1.807, 2.05) is 61.0 Å². The number of halogens is 1. The Morgan fingerprint density at radius 3 is 2.40 bits per heavy atom. The van der Waals surface area contributed by atoms with Gasteiger partial charge in [0, 0.05) is 22.6 Å². The van der Waals surface area contributed by atoms with Crippen LogP contribution in [0.2, 0.25) is 5.02 Å². The van der Waals surface area contributed by atoms with E-state index in [0.717, 1.165) is 66.1 Å². The summed E-state index contributed by atoms with van der Waals surface area (Å²) < 4.78 is 1.93. The zero-order chi connectivity index (χ0) is 20.9. The third-order valence-electron chi connectivity index (χ3n) is 5.22. The Kier molecular flexibility index (Phi) is 6.41. The summed E-state index contributed by atoms with van der Waals surface area (Å²) in [6.07, 6.45) is 4.22. The molecule has 5 nitrogen and oxygen atoms in total. The van der Waals surface area contributed by atoms with E-state index in [4.69, 9.17) is 26.7 Å². The summed E-state index contributed by atoms with van der Waals surface area (Å²) >= 11 is 6.08. The normalized spacial score (nSPS) is 11.3. The number of aryl methyl sites for hydroxylation is 2. The summed E-state index contributed by atoms with van der Waals surface area (Å²) in [5, 5.41) is 8.72. The molecule has 0 saturated heterocycles. The maximum atomic E-state index is 6.08. The lowest BCUT2D eigenvalue weighted by molar-refractivity contribution is 0.621. The number of hydrogen-bond donors (Lipinski definition) is 1. The molecule has 1 N–H and O–H groups in total. The molecule has 0 spiro atoms. The first kappa shape index (κ1) is 20.5. The number of nitrogens with one attached hydrogen (secondary N) is 1. The van der Waals surface area contributed by atoms with E-state index in [1.54, 1.807) is 0 Å². The molecule has 0 unspecified atom stereocenters. The van der Waals surface area contributed by atoms with E-state index in [-0.39, 0.29) is 0 Å². The monoisotopic (exact) mass is 419 g/mol. The van der Waals surface area contributed by atoms with Gasteiger partial charge in [0.1, 0.15) is 5.82 Å². The van der Waals surface area contributed by atoms with Gasteiger partial charge in [-0.3, -0.25) is 0 Å². The Labute approximate surface area is 182 Å². The van der Waals surface area contributed by atoms with Gasteiger partial charge in [-0.15, -0.1) is 0 Å². The zero-order valence-electron chi connectivity index (χ0n) is 17.4. The average molecular weight is 420 g/mol. The van der Waals surface area contributed by atoms with E-state index in [9.17, 15) is 0 Å². The van der Waals surface area contributed by atoms with Gasteiger partial charge >= 0.3 is 0 Å². The number of hydrogen-bond acceptors (Lipinski definition) is 4. The molecule has 2 heterocycles. The topological polar surface area (TPSA) is 55.1 Å². The van der Waals surface area contributed by atoms with Crippen LogP contribution in [0.3, 0.4) is 0 Å². The first-order valence-corrected chi connectivity index (χ1v) is 10.8. The molecule has 4 aromatic rings. The van der Waals surface area contributed by atoms with Gasteiger partial charge in [0.25, 0.3) is 0 Å². The lowest BCUT2D eigenvalue weighted by atomic mass is 10.1. The van der Waals surface area contributed by atoms with Crippen LogP contribution in [-0.2, 0) is 6.42 Å². The molecule has 0 aliphatic heterocycles. The van der Waals surface area contributed by atoms with E-state index >= 15 is 0 Å². The smallest absolute Gasteiger partial charge is 0.167 e. The quantitative estimate of drug-likeness (QED) is 0.391. The van der Waals surface area contributed by atoms with Gasteiger partial charge in [0.15, 0.2) is 11.5 Å². The predicted molar refractivity (Wildman–Crippen MR) is 123 cm³/mol. The first-order chi connectivity index (χ1) is 14.7.